The minimum Gasteiger partial charge on any atom is -0.496 e. The highest BCUT2D eigenvalue weighted by atomic mass is 79.9. The molecule has 2 aromatic carbocycles. The maximum absolute atomic E-state index is 13.9. The van der Waals surface area contributed by atoms with Crippen molar-refractivity contribution in [3.63, 3.8) is 0 Å². The fourth-order valence-electron chi connectivity index (χ4n) is 2.17. The summed E-state index contributed by atoms with van der Waals surface area (Å²) in [6.45, 7) is 0. The number of halogens is 3. The van der Waals surface area contributed by atoms with E-state index in [4.69, 9.17) is 10.6 Å². The van der Waals surface area contributed by atoms with Crippen molar-refractivity contribution in [2.24, 2.45) is 5.84 Å². The van der Waals surface area contributed by atoms with Crippen LogP contribution in [0.5, 0.6) is 5.75 Å². The number of hydrazine groups is 1. The van der Waals surface area contributed by atoms with Crippen LogP contribution in [0.15, 0.2) is 40.9 Å². The Labute approximate surface area is 130 Å². The SMILES string of the molecule is COc1ccc(Br)cc1CC(NN)c1cc(F)ccc1F. The third kappa shape index (κ3) is 3.78. The van der Waals surface area contributed by atoms with E-state index in [0.717, 1.165) is 28.2 Å². The van der Waals surface area contributed by atoms with Gasteiger partial charge in [0.05, 0.1) is 13.2 Å². The number of benzene rings is 2. The first kappa shape index (κ1) is 15.9. The topological polar surface area (TPSA) is 47.3 Å². The number of hydrogen-bond donors (Lipinski definition) is 2. The van der Waals surface area contributed by atoms with Crippen molar-refractivity contribution in [1.82, 2.24) is 5.43 Å². The van der Waals surface area contributed by atoms with Gasteiger partial charge in [0.25, 0.3) is 0 Å². The molecule has 0 amide bonds. The van der Waals surface area contributed by atoms with Gasteiger partial charge in [-0.2, -0.15) is 0 Å². The molecular weight excluding hydrogens is 342 g/mol. The fraction of sp³-hybridized carbons (Fsp3) is 0.200. The van der Waals surface area contributed by atoms with Crippen molar-refractivity contribution in [1.29, 1.82) is 0 Å². The van der Waals surface area contributed by atoms with Crippen LogP contribution in [-0.4, -0.2) is 7.11 Å². The van der Waals surface area contributed by atoms with Crippen LogP contribution < -0.4 is 16.0 Å². The maximum atomic E-state index is 13.9. The average molecular weight is 357 g/mol. The summed E-state index contributed by atoms with van der Waals surface area (Å²) in [5.41, 5.74) is 3.54. The third-order valence-corrected chi connectivity index (χ3v) is 3.69. The van der Waals surface area contributed by atoms with Crippen molar-refractivity contribution in [2.75, 3.05) is 7.11 Å². The fourth-order valence-corrected chi connectivity index (χ4v) is 2.58. The van der Waals surface area contributed by atoms with Crippen LogP contribution in [0.3, 0.4) is 0 Å². The van der Waals surface area contributed by atoms with E-state index < -0.39 is 17.7 Å². The van der Waals surface area contributed by atoms with Gasteiger partial charge in [-0.05, 0) is 48.4 Å². The summed E-state index contributed by atoms with van der Waals surface area (Å²) in [5, 5.41) is 0. The van der Waals surface area contributed by atoms with Gasteiger partial charge in [0.1, 0.15) is 17.4 Å². The van der Waals surface area contributed by atoms with E-state index in [1.807, 2.05) is 12.1 Å². The molecule has 0 saturated heterocycles. The average Bonchev–Trinajstić information content (AvgIpc) is 2.47. The summed E-state index contributed by atoms with van der Waals surface area (Å²) >= 11 is 3.38. The monoisotopic (exact) mass is 356 g/mol. The minimum absolute atomic E-state index is 0.180. The molecular formula is C15H15BrF2N2O. The predicted octanol–water partition coefficient (Wildman–Crippen LogP) is 3.48. The molecule has 0 spiro atoms. The second kappa shape index (κ2) is 6.98. The summed E-state index contributed by atoms with van der Waals surface area (Å²) < 4.78 is 33.3. The highest BCUT2D eigenvalue weighted by Crippen LogP contribution is 2.29. The van der Waals surface area contributed by atoms with Crippen LogP contribution in [0.25, 0.3) is 0 Å². The normalized spacial score (nSPS) is 12.2. The first-order valence-electron chi connectivity index (χ1n) is 6.28. The highest BCUT2D eigenvalue weighted by molar-refractivity contribution is 9.10. The molecule has 0 saturated carbocycles. The van der Waals surface area contributed by atoms with Gasteiger partial charge in [-0.1, -0.05) is 15.9 Å². The van der Waals surface area contributed by atoms with Gasteiger partial charge in [-0.15, -0.1) is 0 Å². The molecule has 2 aromatic rings. The van der Waals surface area contributed by atoms with E-state index in [9.17, 15) is 8.78 Å². The zero-order chi connectivity index (χ0) is 15.4. The number of methoxy groups -OCH3 is 1. The van der Waals surface area contributed by atoms with E-state index in [0.29, 0.717) is 12.2 Å². The van der Waals surface area contributed by atoms with Crippen LogP contribution in [0.2, 0.25) is 0 Å². The largest absolute Gasteiger partial charge is 0.496 e. The van der Waals surface area contributed by atoms with Gasteiger partial charge in [0.2, 0.25) is 0 Å². The summed E-state index contributed by atoms with van der Waals surface area (Å²) in [6.07, 6.45) is 0.361. The first-order valence-corrected chi connectivity index (χ1v) is 7.08. The van der Waals surface area contributed by atoms with Crippen molar-refractivity contribution >= 4 is 15.9 Å². The molecule has 0 aliphatic rings. The molecule has 2 rings (SSSR count). The van der Waals surface area contributed by atoms with Crippen LogP contribution in [0.1, 0.15) is 17.2 Å². The molecule has 3 nitrogen and oxygen atoms in total. The molecule has 0 aliphatic carbocycles. The lowest BCUT2D eigenvalue weighted by Gasteiger charge is -2.19. The number of hydrogen-bond acceptors (Lipinski definition) is 3. The molecule has 0 radical (unpaired) electrons. The van der Waals surface area contributed by atoms with Crippen molar-refractivity contribution in [3.8, 4) is 5.75 Å². The Hall–Kier alpha value is -1.50. The quantitative estimate of drug-likeness (QED) is 0.636. The molecule has 0 aromatic heterocycles. The van der Waals surface area contributed by atoms with Crippen LogP contribution in [0, 0.1) is 11.6 Å². The number of ether oxygens (including phenoxy) is 1. The molecule has 21 heavy (non-hydrogen) atoms. The van der Waals surface area contributed by atoms with E-state index in [1.165, 1.54) is 0 Å². The van der Waals surface area contributed by atoms with Crippen molar-refractivity contribution in [2.45, 2.75) is 12.5 Å². The zero-order valence-electron chi connectivity index (χ0n) is 11.4. The highest BCUT2D eigenvalue weighted by Gasteiger charge is 2.18. The summed E-state index contributed by atoms with van der Waals surface area (Å²) in [6, 6.07) is 8.25. The van der Waals surface area contributed by atoms with E-state index in [2.05, 4.69) is 21.4 Å². The van der Waals surface area contributed by atoms with Gasteiger partial charge < -0.3 is 4.74 Å². The molecule has 6 heteroatoms. The lowest BCUT2D eigenvalue weighted by molar-refractivity contribution is 0.404. The Morgan fingerprint density at radius 1 is 1.24 bits per heavy atom. The standard InChI is InChI=1S/C15H15BrF2N2O/c1-21-15-5-2-10(16)6-9(15)7-14(20-19)12-8-11(17)3-4-13(12)18/h2-6,8,14,20H,7,19H2,1H3. The molecule has 1 unspecified atom stereocenters. The Bertz CT molecular complexity index is 637. The Kier molecular flexibility index (Phi) is 5.27. The van der Waals surface area contributed by atoms with Crippen molar-refractivity contribution in [3.05, 3.63) is 63.6 Å². The lowest BCUT2D eigenvalue weighted by atomic mass is 9.98. The maximum Gasteiger partial charge on any atom is 0.128 e. The second-order valence-corrected chi connectivity index (χ2v) is 5.46. The number of rotatable bonds is 5. The van der Waals surface area contributed by atoms with Gasteiger partial charge in [-0.3, -0.25) is 11.3 Å². The zero-order valence-corrected chi connectivity index (χ0v) is 13.0. The Morgan fingerprint density at radius 3 is 2.67 bits per heavy atom. The Balaban J connectivity index is 2.35. The number of nitrogens with two attached hydrogens (primary N) is 1. The van der Waals surface area contributed by atoms with Gasteiger partial charge in [-0.25, -0.2) is 8.78 Å². The molecule has 0 bridgehead atoms. The van der Waals surface area contributed by atoms with Crippen LogP contribution in [0.4, 0.5) is 8.78 Å². The summed E-state index contributed by atoms with van der Waals surface area (Å²) in [5.74, 6) is 5.16. The third-order valence-electron chi connectivity index (χ3n) is 3.20. The molecule has 0 heterocycles. The minimum atomic E-state index is -0.566. The van der Waals surface area contributed by atoms with E-state index in [1.54, 1.807) is 13.2 Å². The summed E-state index contributed by atoms with van der Waals surface area (Å²) in [4.78, 5) is 0. The second-order valence-electron chi connectivity index (χ2n) is 4.55. The first-order chi connectivity index (χ1) is 10.0. The van der Waals surface area contributed by atoms with Crippen LogP contribution >= 0.6 is 15.9 Å². The molecule has 0 aliphatic heterocycles. The molecule has 1 atom stereocenters. The Morgan fingerprint density at radius 2 is 2.00 bits per heavy atom. The van der Waals surface area contributed by atoms with Crippen LogP contribution in [-0.2, 0) is 6.42 Å². The van der Waals surface area contributed by atoms with Crippen molar-refractivity contribution < 1.29 is 13.5 Å². The van der Waals surface area contributed by atoms with Gasteiger partial charge >= 0.3 is 0 Å². The predicted molar refractivity (Wildman–Crippen MR) is 80.8 cm³/mol. The number of nitrogens with one attached hydrogen (secondary N) is 1. The smallest absolute Gasteiger partial charge is 0.128 e. The molecule has 112 valence electrons. The molecule has 0 fully saturated rings. The van der Waals surface area contributed by atoms with E-state index in [-0.39, 0.29) is 5.56 Å². The van der Waals surface area contributed by atoms with E-state index >= 15 is 0 Å². The summed E-state index contributed by atoms with van der Waals surface area (Å²) in [7, 11) is 1.56. The van der Waals surface area contributed by atoms with Gasteiger partial charge in [0, 0.05) is 10.0 Å². The lowest BCUT2D eigenvalue weighted by Crippen LogP contribution is -2.30. The van der Waals surface area contributed by atoms with Gasteiger partial charge in [0.15, 0.2) is 0 Å². The molecule has 3 N–H and O–H groups in total.